The number of rotatable bonds is 10. The normalized spacial score (nSPS) is 11.7. The van der Waals surface area contributed by atoms with Crippen molar-refractivity contribution in [1.82, 2.24) is 24.5 Å². The van der Waals surface area contributed by atoms with E-state index in [9.17, 15) is 22.8 Å². The van der Waals surface area contributed by atoms with Gasteiger partial charge < -0.3 is 4.74 Å². The number of benzene rings is 1. The molecule has 0 fully saturated rings. The molecule has 0 atom stereocenters. The van der Waals surface area contributed by atoms with Crippen LogP contribution in [0.4, 0.5) is 13.2 Å². The van der Waals surface area contributed by atoms with Crippen LogP contribution in [0.2, 0.25) is 0 Å². The SMILES string of the molecule is C=C/C=C\c1c(C)nc(CCC)n(-c2cc(C(=O)Cn3nccn3)ccc2OCC(F)(F)F)c1=O. The van der Waals surface area contributed by atoms with Crippen LogP contribution in [0.5, 0.6) is 5.75 Å². The van der Waals surface area contributed by atoms with Crippen LogP contribution in [0.15, 0.2) is 54.1 Å². The second-order valence-electron chi connectivity index (χ2n) is 7.58. The molecule has 3 rings (SSSR count). The van der Waals surface area contributed by atoms with Crippen molar-refractivity contribution >= 4 is 11.9 Å². The summed E-state index contributed by atoms with van der Waals surface area (Å²) in [4.78, 5) is 32.1. The van der Waals surface area contributed by atoms with Crippen molar-refractivity contribution in [2.24, 2.45) is 0 Å². The fourth-order valence-electron chi connectivity index (χ4n) is 3.38. The van der Waals surface area contributed by atoms with Gasteiger partial charge in [0.1, 0.15) is 18.1 Å². The highest BCUT2D eigenvalue weighted by Gasteiger charge is 2.29. The molecule has 0 spiro atoms. The quantitative estimate of drug-likeness (QED) is 0.316. The summed E-state index contributed by atoms with van der Waals surface area (Å²) < 4.78 is 45.1. The molecule has 0 saturated heterocycles. The van der Waals surface area contributed by atoms with Crippen LogP contribution < -0.4 is 10.3 Å². The number of nitrogens with zero attached hydrogens (tertiary/aromatic N) is 5. The molecular formula is C24H24F3N5O3. The van der Waals surface area contributed by atoms with Gasteiger partial charge in [-0.3, -0.25) is 14.2 Å². The van der Waals surface area contributed by atoms with E-state index in [-0.39, 0.29) is 29.1 Å². The van der Waals surface area contributed by atoms with Crippen LogP contribution in [0.3, 0.4) is 0 Å². The number of alkyl halides is 3. The Morgan fingerprint density at radius 1 is 1.23 bits per heavy atom. The summed E-state index contributed by atoms with van der Waals surface area (Å²) in [5.41, 5.74) is 0.332. The van der Waals surface area contributed by atoms with Gasteiger partial charge in [-0.15, -0.1) is 0 Å². The fraction of sp³-hybridized carbons (Fsp3) is 0.292. The second kappa shape index (κ2) is 10.9. The van der Waals surface area contributed by atoms with Crippen molar-refractivity contribution in [3.8, 4) is 11.4 Å². The van der Waals surface area contributed by atoms with E-state index >= 15 is 0 Å². The fourth-order valence-corrected chi connectivity index (χ4v) is 3.38. The molecule has 35 heavy (non-hydrogen) atoms. The lowest BCUT2D eigenvalue weighted by Crippen LogP contribution is -2.28. The predicted molar refractivity (Wildman–Crippen MR) is 124 cm³/mol. The summed E-state index contributed by atoms with van der Waals surface area (Å²) in [5, 5.41) is 7.79. The molecule has 184 valence electrons. The van der Waals surface area contributed by atoms with Gasteiger partial charge in [-0.1, -0.05) is 25.7 Å². The standard InChI is InChI=1S/C24H24F3N5O3/c1-4-6-8-18-16(3)30-22(7-5-2)32(23(18)34)19-13-17(20(33)14-31-28-11-12-29-31)9-10-21(19)35-15-24(25,26)27/h4,6,8-13H,1,5,7,14-15H2,2-3H3/b8-6-. The third-order valence-electron chi connectivity index (χ3n) is 4.92. The van der Waals surface area contributed by atoms with Gasteiger partial charge >= 0.3 is 6.18 Å². The van der Waals surface area contributed by atoms with E-state index in [4.69, 9.17) is 4.74 Å². The number of carbonyl (C=O) groups excluding carboxylic acids is 1. The van der Waals surface area contributed by atoms with Crippen LogP contribution in [0.25, 0.3) is 11.8 Å². The second-order valence-corrected chi connectivity index (χ2v) is 7.58. The molecule has 2 heterocycles. The first kappa shape index (κ1) is 25.6. The maximum absolute atomic E-state index is 13.5. The lowest BCUT2D eigenvalue weighted by atomic mass is 10.1. The number of ketones is 1. The van der Waals surface area contributed by atoms with Crippen molar-refractivity contribution in [1.29, 1.82) is 0 Å². The van der Waals surface area contributed by atoms with Gasteiger partial charge in [0.2, 0.25) is 0 Å². The molecule has 0 bridgehead atoms. The lowest BCUT2D eigenvalue weighted by molar-refractivity contribution is -0.153. The molecule has 1 aromatic carbocycles. The summed E-state index contributed by atoms with van der Waals surface area (Å²) in [6.07, 6.45) is 3.80. The van der Waals surface area contributed by atoms with Gasteiger partial charge in [0.05, 0.1) is 29.3 Å². The molecule has 11 heteroatoms. The van der Waals surface area contributed by atoms with Crippen molar-refractivity contribution in [3.05, 3.63) is 82.3 Å². The Morgan fingerprint density at radius 3 is 2.57 bits per heavy atom. The largest absolute Gasteiger partial charge is 0.482 e. The Hall–Kier alpha value is -4.02. The first-order chi connectivity index (χ1) is 16.6. The summed E-state index contributed by atoms with van der Waals surface area (Å²) in [6.45, 7) is 5.40. The molecular weight excluding hydrogens is 463 g/mol. The van der Waals surface area contributed by atoms with Gasteiger partial charge in [0, 0.05) is 12.0 Å². The van der Waals surface area contributed by atoms with Crippen molar-refractivity contribution in [2.45, 2.75) is 39.4 Å². The smallest absolute Gasteiger partial charge is 0.422 e. The van der Waals surface area contributed by atoms with Crippen LogP contribution >= 0.6 is 0 Å². The average Bonchev–Trinajstić information content (AvgIpc) is 3.30. The van der Waals surface area contributed by atoms with Gasteiger partial charge in [0.25, 0.3) is 5.56 Å². The Bertz CT molecular complexity index is 1290. The van der Waals surface area contributed by atoms with Crippen LogP contribution in [-0.4, -0.2) is 43.1 Å². The van der Waals surface area contributed by atoms with Gasteiger partial charge in [-0.05, 0) is 37.6 Å². The van der Waals surface area contributed by atoms with E-state index in [1.165, 1.54) is 52.1 Å². The Labute approximate surface area is 199 Å². The Balaban J connectivity index is 2.22. The highest BCUT2D eigenvalue weighted by molar-refractivity contribution is 5.96. The van der Waals surface area contributed by atoms with Crippen molar-refractivity contribution in [2.75, 3.05) is 6.61 Å². The maximum atomic E-state index is 13.5. The summed E-state index contributed by atoms with van der Waals surface area (Å²) in [5.74, 6) is -0.275. The zero-order valence-corrected chi connectivity index (χ0v) is 19.2. The zero-order valence-electron chi connectivity index (χ0n) is 19.2. The first-order valence-electron chi connectivity index (χ1n) is 10.8. The molecule has 0 radical (unpaired) electrons. The van der Waals surface area contributed by atoms with E-state index in [1.807, 2.05) is 6.92 Å². The summed E-state index contributed by atoms with van der Waals surface area (Å²) >= 11 is 0. The molecule has 0 aliphatic rings. The number of allylic oxidation sites excluding steroid dienone is 2. The lowest BCUT2D eigenvalue weighted by Gasteiger charge is -2.19. The Morgan fingerprint density at radius 2 is 1.94 bits per heavy atom. The van der Waals surface area contributed by atoms with Gasteiger partial charge in [-0.25, -0.2) is 4.98 Å². The van der Waals surface area contributed by atoms with Crippen molar-refractivity contribution in [3.63, 3.8) is 0 Å². The van der Waals surface area contributed by atoms with Crippen LogP contribution in [-0.2, 0) is 13.0 Å². The topological polar surface area (TPSA) is 91.9 Å². The highest BCUT2D eigenvalue weighted by atomic mass is 19.4. The maximum Gasteiger partial charge on any atom is 0.422 e. The zero-order chi connectivity index (χ0) is 25.6. The minimum Gasteiger partial charge on any atom is -0.482 e. The molecule has 8 nitrogen and oxygen atoms in total. The number of ether oxygens (including phenoxy) is 1. The van der Waals surface area contributed by atoms with Gasteiger partial charge in [-0.2, -0.15) is 28.2 Å². The predicted octanol–water partition coefficient (Wildman–Crippen LogP) is 4.11. The number of halogens is 3. The van der Waals surface area contributed by atoms with Crippen LogP contribution in [0, 0.1) is 6.92 Å². The van der Waals surface area contributed by atoms with Gasteiger partial charge in [0.15, 0.2) is 12.4 Å². The molecule has 0 N–H and O–H groups in total. The Kier molecular flexibility index (Phi) is 8.00. The van der Waals surface area contributed by atoms with E-state index in [0.29, 0.717) is 24.4 Å². The minimum atomic E-state index is -4.60. The molecule has 0 unspecified atom stereocenters. The number of aryl methyl sites for hydroxylation is 2. The van der Waals surface area contributed by atoms with E-state index in [2.05, 4.69) is 21.8 Å². The molecule has 2 aromatic heterocycles. The number of aromatic nitrogens is 5. The molecule has 0 amide bonds. The first-order valence-corrected chi connectivity index (χ1v) is 10.8. The number of hydrogen-bond acceptors (Lipinski definition) is 6. The van der Waals surface area contributed by atoms with Crippen LogP contribution in [0.1, 0.15) is 40.8 Å². The molecule has 0 aliphatic heterocycles. The highest BCUT2D eigenvalue weighted by Crippen LogP contribution is 2.28. The van der Waals surface area contributed by atoms with Crippen molar-refractivity contribution < 1.29 is 22.7 Å². The number of Topliss-reactive ketones (excluding diaryl/α,β-unsaturated/α-hetero) is 1. The third kappa shape index (κ3) is 6.31. The van der Waals surface area contributed by atoms with E-state index in [0.717, 1.165) is 0 Å². The molecule has 3 aromatic rings. The monoisotopic (exact) mass is 487 g/mol. The van der Waals surface area contributed by atoms with E-state index in [1.54, 1.807) is 13.0 Å². The molecule has 0 aliphatic carbocycles. The number of carbonyl (C=O) groups is 1. The third-order valence-corrected chi connectivity index (χ3v) is 4.92. The summed E-state index contributed by atoms with van der Waals surface area (Å²) in [6, 6.07) is 3.91. The average molecular weight is 487 g/mol. The minimum absolute atomic E-state index is 0.0114. The molecule has 0 saturated carbocycles. The van der Waals surface area contributed by atoms with E-state index < -0.39 is 24.1 Å². The summed E-state index contributed by atoms with van der Waals surface area (Å²) in [7, 11) is 0. The number of hydrogen-bond donors (Lipinski definition) is 0.